The van der Waals surface area contributed by atoms with E-state index in [-0.39, 0.29) is 25.1 Å². The molecule has 6 heteroatoms. The highest BCUT2D eigenvalue weighted by Crippen LogP contribution is 2.19. The molecule has 1 aromatic rings. The number of anilines is 1. The number of ether oxygens (including phenoxy) is 1. The fraction of sp³-hybridized carbons (Fsp3) is 0.308. The first-order valence-corrected chi connectivity index (χ1v) is 5.58. The summed E-state index contributed by atoms with van der Waals surface area (Å²) in [5.41, 5.74) is 0.0268. The lowest BCUT2D eigenvalue weighted by molar-refractivity contribution is -0.141. The Labute approximate surface area is 110 Å². The molecule has 1 rings (SSSR count). The molecule has 19 heavy (non-hydrogen) atoms. The van der Waals surface area contributed by atoms with Gasteiger partial charge in [0.05, 0.1) is 25.3 Å². The van der Waals surface area contributed by atoms with Crippen LogP contribution >= 0.6 is 0 Å². The Kier molecular flexibility index (Phi) is 5.48. The van der Waals surface area contributed by atoms with Crippen molar-refractivity contribution in [1.29, 1.82) is 5.26 Å². The number of para-hydroxylation sites is 1. The van der Waals surface area contributed by atoms with Crippen LogP contribution in [0.5, 0.6) is 0 Å². The first kappa shape index (κ1) is 14.6. The molecule has 0 N–H and O–H groups in total. The maximum Gasteiger partial charge on any atom is 0.306 e. The lowest BCUT2D eigenvalue weighted by Crippen LogP contribution is -2.32. The number of hydrogen-bond donors (Lipinski definition) is 0. The summed E-state index contributed by atoms with van der Waals surface area (Å²) in [6.07, 6.45) is -0.242. The van der Waals surface area contributed by atoms with Gasteiger partial charge >= 0.3 is 5.97 Å². The van der Waals surface area contributed by atoms with Crippen molar-refractivity contribution in [3.63, 3.8) is 0 Å². The minimum atomic E-state index is -0.593. The lowest BCUT2D eigenvalue weighted by Gasteiger charge is -2.19. The van der Waals surface area contributed by atoms with Crippen LogP contribution in [0.25, 0.3) is 0 Å². The van der Waals surface area contributed by atoms with Crippen molar-refractivity contribution in [2.75, 3.05) is 18.6 Å². The molecule has 0 aliphatic carbocycles. The van der Waals surface area contributed by atoms with E-state index in [4.69, 9.17) is 5.26 Å². The van der Waals surface area contributed by atoms with E-state index in [2.05, 4.69) is 4.74 Å². The van der Waals surface area contributed by atoms with Gasteiger partial charge < -0.3 is 4.74 Å². The first-order chi connectivity index (χ1) is 9.10. The summed E-state index contributed by atoms with van der Waals surface area (Å²) in [6.45, 7) is -0.277. The number of benzene rings is 1. The zero-order chi connectivity index (χ0) is 14.3. The van der Waals surface area contributed by atoms with Crippen molar-refractivity contribution in [3.05, 3.63) is 30.1 Å². The summed E-state index contributed by atoms with van der Waals surface area (Å²) in [7, 11) is 1.22. The van der Waals surface area contributed by atoms with Crippen molar-refractivity contribution in [1.82, 2.24) is 0 Å². The number of rotatable bonds is 5. The van der Waals surface area contributed by atoms with Crippen LogP contribution < -0.4 is 4.90 Å². The minimum Gasteiger partial charge on any atom is -0.469 e. The van der Waals surface area contributed by atoms with Crippen molar-refractivity contribution >= 4 is 17.6 Å². The molecule has 0 spiro atoms. The Morgan fingerprint density at radius 2 is 2.05 bits per heavy atom. The maximum atomic E-state index is 13.6. The third kappa shape index (κ3) is 4.07. The third-order valence-electron chi connectivity index (χ3n) is 2.44. The fourth-order valence-corrected chi connectivity index (χ4v) is 1.50. The number of nitrogens with zero attached hydrogens (tertiary/aromatic N) is 2. The average molecular weight is 264 g/mol. The zero-order valence-corrected chi connectivity index (χ0v) is 10.4. The summed E-state index contributed by atoms with van der Waals surface area (Å²) in [5, 5.41) is 8.70. The van der Waals surface area contributed by atoms with E-state index in [1.54, 1.807) is 12.1 Å². The van der Waals surface area contributed by atoms with Gasteiger partial charge in [0.15, 0.2) is 0 Å². The van der Waals surface area contributed by atoms with Gasteiger partial charge in [0.2, 0.25) is 5.91 Å². The third-order valence-corrected chi connectivity index (χ3v) is 2.44. The zero-order valence-electron chi connectivity index (χ0n) is 10.4. The smallest absolute Gasteiger partial charge is 0.306 e. The van der Waals surface area contributed by atoms with Gasteiger partial charge in [-0.15, -0.1) is 0 Å². The summed E-state index contributed by atoms with van der Waals surface area (Å²) in [5.74, 6) is -1.62. The second-order valence-corrected chi connectivity index (χ2v) is 3.67. The molecular weight excluding hydrogens is 251 g/mol. The van der Waals surface area contributed by atoms with Gasteiger partial charge in [-0.2, -0.15) is 5.26 Å². The number of hydrogen-bond acceptors (Lipinski definition) is 4. The molecule has 0 radical (unpaired) electrons. The van der Waals surface area contributed by atoms with Crippen molar-refractivity contribution in [3.8, 4) is 6.07 Å². The fourth-order valence-electron chi connectivity index (χ4n) is 1.50. The molecule has 5 nitrogen and oxygen atoms in total. The quantitative estimate of drug-likeness (QED) is 0.598. The second-order valence-electron chi connectivity index (χ2n) is 3.67. The Bertz CT molecular complexity index is 511. The average Bonchev–Trinajstić information content (AvgIpc) is 2.42. The molecule has 1 aromatic carbocycles. The van der Waals surface area contributed by atoms with Crippen LogP contribution in [0.3, 0.4) is 0 Å². The van der Waals surface area contributed by atoms with Gasteiger partial charge in [-0.05, 0) is 12.1 Å². The van der Waals surface area contributed by atoms with Gasteiger partial charge in [-0.3, -0.25) is 14.5 Å². The molecule has 0 saturated carbocycles. The summed E-state index contributed by atoms with van der Waals surface area (Å²) < 4.78 is 18.0. The minimum absolute atomic E-state index is 0.0268. The summed E-state index contributed by atoms with van der Waals surface area (Å²) >= 11 is 0. The van der Waals surface area contributed by atoms with Gasteiger partial charge in [0.25, 0.3) is 0 Å². The Hall–Kier alpha value is -2.42. The predicted octanol–water partition coefficient (Wildman–Crippen LogP) is 1.64. The first-order valence-electron chi connectivity index (χ1n) is 5.58. The SMILES string of the molecule is COC(=O)CCC(=O)N(CC#N)c1ccccc1F. The lowest BCUT2D eigenvalue weighted by atomic mass is 10.2. The van der Waals surface area contributed by atoms with E-state index in [0.29, 0.717) is 0 Å². The molecule has 100 valence electrons. The molecule has 0 saturated heterocycles. The summed E-state index contributed by atoms with van der Waals surface area (Å²) in [4.78, 5) is 23.9. The Morgan fingerprint density at radius 3 is 2.63 bits per heavy atom. The van der Waals surface area contributed by atoms with E-state index < -0.39 is 17.7 Å². The topological polar surface area (TPSA) is 70.4 Å². The number of nitriles is 1. The number of methoxy groups -OCH3 is 1. The normalized spacial score (nSPS) is 9.53. The van der Waals surface area contributed by atoms with Crippen molar-refractivity contribution in [2.24, 2.45) is 0 Å². The van der Waals surface area contributed by atoms with Crippen LogP contribution in [0.2, 0.25) is 0 Å². The molecule has 0 aromatic heterocycles. The highest BCUT2D eigenvalue weighted by Gasteiger charge is 2.19. The van der Waals surface area contributed by atoms with E-state index >= 15 is 0 Å². The van der Waals surface area contributed by atoms with E-state index in [1.165, 1.54) is 25.3 Å². The van der Waals surface area contributed by atoms with E-state index in [0.717, 1.165) is 4.90 Å². The molecule has 0 atom stereocenters. The molecule has 1 amide bonds. The second kappa shape index (κ2) is 7.11. The highest BCUT2D eigenvalue weighted by atomic mass is 19.1. The van der Waals surface area contributed by atoms with Gasteiger partial charge in [0.1, 0.15) is 12.4 Å². The van der Waals surface area contributed by atoms with Crippen LogP contribution in [0, 0.1) is 17.1 Å². The molecule has 0 aliphatic rings. The monoisotopic (exact) mass is 264 g/mol. The maximum absolute atomic E-state index is 13.6. The number of esters is 1. The van der Waals surface area contributed by atoms with Crippen LogP contribution in [0.1, 0.15) is 12.8 Å². The predicted molar refractivity (Wildman–Crippen MR) is 65.6 cm³/mol. The Balaban J connectivity index is 2.84. The van der Waals surface area contributed by atoms with Crippen LogP contribution in [-0.4, -0.2) is 25.5 Å². The molecule has 0 bridgehead atoms. The van der Waals surface area contributed by atoms with Gasteiger partial charge in [-0.25, -0.2) is 4.39 Å². The molecular formula is C13H13FN2O3. The molecule has 0 unspecified atom stereocenters. The van der Waals surface area contributed by atoms with E-state index in [1.807, 2.05) is 0 Å². The van der Waals surface area contributed by atoms with Gasteiger partial charge in [-0.1, -0.05) is 12.1 Å². The van der Waals surface area contributed by atoms with Crippen LogP contribution in [-0.2, 0) is 14.3 Å². The Morgan fingerprint density at radius 1 is 1.37 bits per heavy atom. The van der Waals surface area contributed by atoms with Crippen LogP contribution in [0.4, 0.5) is 10.1 Å². The molecule has 0 aliphatic heterocycles. The van der Waals surface area contributed by atoms with Crippen molar-refractivity contribution in [2.45, 2.75) is 12.8 Å². The van der Waals surface area contributed by atoms with E-state index in [9.17, 15) is 14.0 Å². The largest absolute Gasteiger partial charge is 0.469 e. The number of carbonyl (C=O) groups excluding carboxylic acids is 2. The van der Waals surface area contributed by atoms with Gasteiger partial charge in [0, 0.05) is 6.42 Å². The highest BCUT2D eigenvalue weighted by molar-refractivity contribution is 5.95. The van der Waals surface area contributed by atoms with Crippen LogP contribution in [0.15, 0.2) is 24.3 Å². The number of carbonyl (C=O) groups is 2. The van der Waals surface area contributed by atoms with Crippen molar-refractivity contribution < 1.29 is 18.7 Å². The molecule has 0 fully saturated rings. The number of halogens is 1. The molecule has 0 heterocycles. The standard InChI is InChI=1S/C13H13FN2O3/c1-19-13(18)7-6-12(17)16(9-8-15)11-5-3-2-4-10(11)14/h2-5H,6-7,9H2,1H3. The summed E-state index contributed by atoms with van der Waals surface area (Å²) in [6, 6.07) is 7.46. The number of amides is 1.